The summed E-state index contributed by atoms with van der Waals surface area (Å²) in [5, 5.41) is 3.82. The number of oxime groups is 1. The first-order chi connectivity index (χ1) is 13.6. The smallest absolute Gasteiger partial charge is 0.341 e. The van der Waals surface area contributed by atoms with E-state index in [0.29, 0.717) is 11.1 Å². The van der Waals surface area contributed by atoms with Crippen LogP contribution in [0.15, 0.2) is 66.0 Å². The molecule has 0 unspecified atom stereocenters. The van der Waals surface area contributed by atoms with Gasteiger partial charge in [-0.3, -0.25) is 0 Å². The lowest BCUT2D eigenvalue weighted by Gasteiger charge is -2.14. The Morgan fingerprint density at radius 3 is 2.21 bits per heavy atom. The van der Waals surface area contributed by atoms with Crippen LogP contribution in [0.2, 0.25) is 0 Å². The number of hydrogen-bond acceptors (Lipinski definition) is 7. The molecule has 0 saturated heterocycles. The lowest BCUT2D eigenvalue weighted by atomic mass is 10.0. The molecule has 0 atom stereocenters. The minimum atomic E-state index is -0.598. The average molecular weight is 383 g/mol. The molecule has 2 rings (SSSR count). The maximum Gasteiger partial charge on any atom is 0.341 e. The maximum atomic E-state index is 12.2. The number of hydrogen-bond donors (Lipinski definition) is 0. The number of esters is 1. The number of benzene rings is 2. The Hall–Kier alpha value is -3.61. The second-order valence-electron chi connectivity index (χ2n) is 5.56. The summed E-state index contributed by atoms with van der Waals surface area (Å²) in [6, 6.07) is 16.3. The number of nitrogens with zero attached hydrogens (tertiary/aromatic N) is 1. The Balaban J connectivity index is 2.45. The van der Waals surface area contributed by atoms with Crippen LogP contribution in [0.3, 0.4) is 0 Å². The summed E-state index contributed by atoms with van der Waals surface area (Å²) < 4.78 is 15.6. The van der Waals surface area contributed by atoms with E-state index in [-0.39, 0.29) is 18.1 Å². The van der Waals surface area contributed by atoms with Gasteiger partial charge in [-0.15, -0.1) is 0 Å². The largest absolute Gasteiger partial charge is 0.503 e. The lowest BCUT2D eigenvalue weighted by Crippen LogP contribution is -2.14. The molecule has 0 fully saturated rings. The van der Waals surface area contributed by atoms with Gasteiger partial charge >= 0.3 is 11.9 Å². The van der Waals surface area contributed by atoms with Crippen molar-refractivity contribution in [2.45, 2.75) is 13.5 Å². The molecule has 0 aliphatic rings. The van der Waals surface area contributed by atoms with E-state index in [2.05, 4.69) is 5.16 Å². The van der Waals surface area contributed by atoms with Crippen LogP contribution in [-0.2, 0) is 35.2 Å². The molecule has 0 spiro atoms. The second kappa shape index (κ2) is 10.5. The Labute approximate surface area is 163 Å². The van der Waals surface area contributed by atoms with Gasteiger partial charge in [0, 0.05) is 18.1 Å². The molecule has 0 radical (unpaired) electrons. The van der Waals surface area contributed by atoms with E-state index < -0.39 is 11.9 Å². The quantitative estimate of drug-likeness (QED) is 0.139. The Kier molecular flexibility index (Phi) is 7.77. The third kappa shape index (κ3) is 5.70. The van der Waals surface area contributed by atoms with Crippen molar-refractivity contribution in [1.82, 2.24) is 0 Å². The molecular formula is C21H21NO6. The third-order valence-electron chi connectivity index (χ3n) is 3.56. The number of methoxy groups -OCH3 is 2. The molecule has 0 aromatic heterocycles. The lowest BCUT2D eigenvalue weighted by molar-refractivity contribution is -0.141. The highest BCUT2D eigenvalue weighted by Crippen LogP contribution is 2.23. The highest BCUT2D eigenvalue weighted by atomic mass is 16.7. The van der Waals surface area contributed by atoms with Crippen LogP contribution in [0, 0.1) is 0 Å². The molecule has 0 amide bonds. The van der Waals surface area contributed by atoms with Gasteiger partial charge in [-0.25, -0.2) is 9.59 Å². The van der Waals surface area contributed by atoms with E-state index in [1.54, 1.807) is 24.3 Å². The zero-order valence-corrected chi connectivity index (χ0v) is 15.9. The summed E-state index contributed by atoms with van der Waals surface area (Å²) in [4.78, 5) is 28.2. The fraction of sp³-hybridized carbons (Fsp3) is 0.190. The standard InChI is InChI=1S/C21H21NO6/c1-15(23)28-22-20(27-13-16-9-5-4-6-10-16)18-12-8-7-11-17(18)19(14-25-2)21(24)26-3/h4-12,14H,13H2,1-3H3. The maximum absolute atomic E-state index is 12.2. The summed E-state index contributed by atoms with van der Waals surface area (Å²) >= 11 is 0. The molecule has 28 heavy (non-hydrogen) atoms. The summed E-state index contributed by atoms with van der Waals surface area (Å²) in [6.45, 7) is 1.42. The predicted molar refractivity (Wildman–Crippen MR) is 103 cm³/mol. The fourth-order valence-electron chi connectivity index (χ4n) is 2.34. The summed E-state index contributed by atoms with van der Waals surface area (Å²) in [5.41, 5.74) is 1.96. The number of carbonyl (C=O) groups excluding carboxylic acids is 2. The minimum Gasteiger partial charge on any atom is -0.503 e. The van der Waals surface area contributed by atoms with Crippen LogP contribution < -0.4 is 0 Å². The van der Waals surface area contributed by atoms with Crippen molar-refractivity contribution in [3.8, 4) is 0 Å². The Morgan fingerprint density at radius 1 is 0.964 bits per heavy atom. The molecule has 7 nitrogen and oxygen atoms in total. The molecule has 7 heteroatoms. The summed E-state index contributed by atoms with van der Waals surface area (Å²) in [6.07, 6.45) is 1.27. The second-order valence-corrected chi connectivity index (χ2v) is 5.56. The molecule has 0 aliphatic heterocycles. The molecule has 0 N–H and O–H groups in total. The first-order valence-electron chi connectivity index (χ1n) is 8.40. The monoisotopic (exact) mass is 383 g/mol. The number of ether oxygens (including phenoxy) is 3. The van der Waals surface area contributed by atoms with Gasteiger partial charge in [-0.05, 0) is 16.8 Å². The summed E-state index contributed by atoms with van der Waals surface area (Å²) in [7, 11) is 2.69. The van der Waals surface area contributed by atoms with Crippen molar-refractivity contribution >= 4 is 23.4 Å². The minimum absolute atomic E-state index is 0.0422. The first kappa shape index (κ1) is 20.7. The average Bonchev–Trinajstić information content (AvgIpc) is 2.72. The van der Waals surface area contributed by atoms with Gasteiger partial charge in [-0.1, -0.05) is 48.5 Å². The van der Waals surface area contributed by atoms with E-state index >= 15 is 0 Å². The Morgan fingerprint density at radius 2 is 1.61 bits per heavy atom. The molecule has 146 valence electrons. The normalized spacial score (nSPS) is 11.5. The van der Waals surface area contributed by atoms with Gasteiger partial charge < -0.3 is 19.0 Å². The van der Waals surface area contributed by atoms with E-state index in [4.69, 9.17) is 19.0 Å². The zero-order chi connectivity index (χ0) is 20.4. The van der Waals surface area contributed by atoms with Crippen LogP contribution in [0.25, 0.3) is 5.57 Å². The topological polar surface area (TPSA) is 83.4 Å². The number of carbonyl (C=O) groups is 2. The molecular weight excluding hydrogens is 362 g/mol. The highest BCUT2D eigenvalue weighted by molar-refractivity contribution is 6.19. The molecule has 0 saturated carbocycles. The van der Waals surface area contributed by atoms with Gasteiger partial charge in [0.2, 0.25) is 0 Å². The molecule has 2 aromatic rings. The van der Waals surface area contributed by atoms with Gasteiger partial charge in [0.05, 0.1) is 20.5 Å². The fourth-order valence-corrected chi connectivity index (χ4v) is 2.34. The van der Waals surface area contributed by atoms with Crippen LogP contribution in [0.5, 0.6) is 0 Å². The van der Waals surface area contributed by atoms with Gasteiger partial charge in [0.25, 0.3) is 5.90 Å². The molecule has 0 heterocycles. The molecule has 0 aliphatic carbocycles. The van der Waals surface area contributed by atoms with Crippen LogP contribution in [0.4, 0.5) is 0 Å². The first-order valence-corrected chi connectivity index (χ1v) is 8.40. The van der Waals surface area contributed by atoms with Crippen molar-refractivity contribution in [2.75, 3.05) is 14.2 Å². The van der Waals surface area contributed by atoms with Crippen LogP contribution >= 0.6 is 0 Å². The van der Waals surface area contributed by atoms with Crippen LogP contribution in [-0.4, -0.2) is 32.1 Å². The predicted octanol–water partition coefficient (Wildman–Crippen LogP) is 3.29. The van der Waals surface area contributed by atoms with Crippen molar-refractivity contribution in [2.24, 2.45) is 5.16 Å². The summed E-state index contributed by atoms with van der Waals surface area (Å²) in [5.74, 6) is -1.15. The van der Waals surface area contributed by atoms with Crippen LogP contribution in [0.1, 0.15) is 23.6 Å². The number of rotatable bonds is 7. The SMILES string of the molecule is COC=C(C(=O)OC)c1ccccc1C(=NOC(C)=O)OCc1ccccc1. The van der Waals surface area contributed by atoms with Crippen molar-refractivity contribution in [1.29, 1.82) is 0 Å². The van der Waals surface area contributed by atoms with E-state index in [1.165, 1.54) is 27.4 Å². The van der Waals surface area contributed by atoms with Crippen molar-refractivity contribution in [3.63, 3.8) is 0 Å². The van der Waals surface area contributed by atoms with Crippen molar-refractivity contribution in [3.05, 3.63) is 77.5 Å². The molecule has 2 aromatic carbocycles. The zero-order valence-electron chi connectivity index (χ0n) is 15.9. The van der Waals surface area contributed by atoms with E-state index in [9.17, 15) is 9.59 Å². The van der Waals surface area contributed by atoms with Gasteiger partial charge in [-0.2, -0.15) is 0 Å². The third-order valence-corrected chi connectivity index (χ3v) is 3.56. The van der Waals surface area contributed by atoms with Crippen molar-refractivity contribution < 1.29 is 28.6 Å². The van der Waals surface area contributed by atoms with Gasteiger partial charge in [0.15, 0.2) is 0 Å². The van der Waals surface area contributed by atoms with E-state index in [0.717, 1.165) is 5.56 Å². The van der Waals surface area contributed by atoms with Gasteiger partial charge in [0.1, 0.15) is 12.2 Å². The molecule has 0 bridgehead atoms. The van der Waals surface area contributed by atoms with E-state index in [1.807, 2.05) is 30.3 Å². The Bertz CT molecular complexity index is 873. The highest BCUT2D eigenvalue weighted by Gasteiger charge is 2.21.